The maximum atomic E-state index is 11.9. The summed E-state index contributed by atoms with van der Waals surface area (Å²) in [7, 11) is 0. The first kappa shape index (κ1) is 26.0. The Morgan fingerprint density at radius 2 is 1.50 bits per heavy atom. The molecule has 7 nitrogen and oxygen atoms in total. The van der Waals surface area contributed by atoms with Crippen LogP contribution in [0.1, 0.15) is 32.1 Å². The van der Waals surface area contributed by atoms with Gasteiger partial charge in [0.25, 0.3) is 0 Å². The van der Waals surface area contributed by atoms with Crippen LogP contribution in [0, 0.1) is 0 Å². The third kappa shape index (κ3) is 15.8. The quantitative estimate of drug-likeness (QED) is 0.323. The minimum absolute atomic E-state index is 0.178. The molecule has 0 saturated carbocycles. The molecule has 1 aliphatic rings. The van der Waals surface area contributed by atoms with E-state index in [1.54, 1.807) is 0 Å². The smallest absolute Gasteiger partial charge is 0.305 e. The molecule has 0 aromatic rings. The van der Waals surface area contributed by atoms with Gasteiger partial charge in [0.15, 0.2) is 0 Å². The lowest BCUT2D eigenvalue weighted by Gasteiger charge is -2.18. The molecule has 9 heteroatoms. The van der Waals surface area contributed by atoms with Crippen LogP contribution in [0.3, 0.4) is 0 Å². The lowest BCUT2D eigenvalue weighted by atomic mass is 10.1. The maximum absolute atomic E-state index is 11.9. The van der Waals surface area contributed by atoms with E-state index in [4.69, 9.17) is 28.4 Å². The molecule has 28 heavy (non-hydrogen) atoms. The summed E-state index contributed by atoms with van der Waals surface area (Å²) >= 11 is 8.70. The van der Waals surface area contributed by atoms with Gasteiger partial charge in [0.05, 0.1) is 59.5 Å². The van der Waals surface area contributed by atoms with Gasteiger partial charge in [-0.3, -0.25) is 4.79 Å². The maximum Gasteiger partial charge on any atom is 0.305 e. The molecule has 0 aromatic carbocycles. The summed E-state index contributed by atoms with van der Waals surface area (Å²) in [4.78, 5) is 11.9. The first-order valence-corrected chi connectivity index (χ1v) is 11.2. The van der Waals surface area contributed by atoms with E-state index in [0.717, 1.165) is 31.4 Å². The highest BCUT2D eigenvalue weighted by molar-refractivity contribution is 7.81. The molecule has 2 atom stereocenters. The number of esters is 1. The fourth-order valence-electron chi connectivity index (χ4n) is 2.49. The van der Waals surface area contributed by atoms with Gasteiger partial charge in [-0.15, -0.1) is 0 Å². The minimum Gasteiger partial charge on any atom is -0.463 e. The van der Waals surface area contributed by atoms with Crippen LogP contribution in [0.15, 0.2) is 0 Å². The molecule has 0 spiro atoms. The zero-order valence-electron chi connectivity index (χ0n) is 16.7. The largest absolute Gasteiger partial charge is 0.463 e. The van der Waals surface area contributed by atoms with Crippen molar-refractivity contribution >= 4 is 31.2 Å². The number of carbonyl (C=O) groups is 1. The van der Waals surface area contributed by atoms with Gasteiger partial charge in [-0.2, -0.15) is 25.3 Å². The Kier molecular flexibility index (Phi) is 17.6. The van der Waals surface area contributed by atoms with Crippen molar-refractivity contribution in [3.05, 3.63) is 0 Å². The van der Waals surface area contributed by atoms with E-state index < -0.39 is 0 Å². The second-order valence-corrected chi connectivity index (χ2v) is 7.68. The molecular weight excluding hydrogens is 404 g/mol. The number of hydrogen-bond acceptors (Lipinski definition) is 9. The van der Waals surface area contributed by atoms with E-state index in [1.807, 2.05) is 0 Å². The number of rotatable bonds is 9. The number of ether oxygens (including phenoxy) is 6. The lowest BCUT2D eigenvalue weighted by molar-refractivity contribution is -0.150. The van der Waals surface area contributed by atoms with E-state index >= 15 is 0 Å². The van der Waals surface area contributed by atoms with Crippen LogP contribution in [0.5, 0.6) is 0 Å². The number of unbranched alkanes of at least 4 members (excludes halogenated alkanes) is 1. The molecule has 2 unspecified atom stereocenters. The van der Waals surface area contributed by atoms with E-state index in [9.17, 15) is 4.79 Å². The standard InChI is InChI=1S/C19H36O7S2/c20-19(4-2-1-3-18(28)5-14-27)26-16-17-15-24-11-10-22-7-6-21-8-9-23-12-13-25-17/h17-18,27-28H,1-16H2. The summed E-state index contributed by atoms with van der Waals surface area (Å²) in [6.07, 6.45) is 3.83. The van der Waals surface area contributed by atoms with Crippen LogP contribution >= 0.6 is 25.3 Å². The topological polar surface area (TPSA) is 72.5 Å². The van der Waals surface area contributed by atoms with Crippen molar-refractivity contribution in [3.8, 4) is 0 Å². The number of carbonyl (C=O) groups excluding carboxylic acids is 1. The van der Waals surface area contributed by atoms with Crippen molar-refractivity contribution < 1.29 is 33.2 Å². The number of thiol groups is 2. The van der Waals surface area contributed by atoms with Crippen molar-refractivity contribution in [2.24, 2.45) is 0 Å². The molecule has 1 rings (SSSR count). The van der Waals surface area contributed by atoms with Gasteiger partial charge >= 0.3 is 5.97 Å². The average Bonchev–Trinajstić information content (AvgIpc) is 2.69. The summed E-state index contributed by atoms with van der Waals surface area (Å²) in [5.74, 6) is 0.631. The predicted molar refractivity (Wildman–Crippen MR) is 114 cm³/mol. The van der Waals surface area contributed by atoms with Crippen LogP contribution in [-0.4, -0.2) is 89.1 Å². The summed E-state index contributed by atoms with van der Waals surface area (Å²) in [5.41, 5.74) is 0. The van der Waals surface area contributed by atoms with E-state index in [-0.39, 0.29) is 18.7 Å². The molecule has 1 saturated heterocycles. The normalized spacial score (nSPS) is 22.0. The Balaban J connectivity index is 2.20. The van der Waals surface area contributed by atoms with Gasteiger partial charge in [0.1, 0.15) is 12.7 Å². The SMILES string of the molecule is O=C(CCCCC(S)CCS)OCC1COCCOCCOCCOCCO1. The van der Waals surface area contributed by atoms with Crippen LogP contribution in [0.4, 0.5) is 0 Å². The van der Waals surface area contributed by atoms with E-state index in [1.165, 1.54) is 0 Å². The van der Waals surface area contributed by atoms with Crippen LogP contribution in [0.2, 0.25) is 0 Å². The van der Waals surface area contributed by atoms with Crippen molar-refractivity contribution in [2.45, 2.75) is 43.5 Å². The van der Waals surface area contributed by atoms with Crippen LogP contribution in [0.25, 0.3) is 0 Å². The predicted octanol–water partition coefficient (Wildman–Crippen LogP) is 2.17. The third-order valence-electron chi connectivity index (χ3n) is 4.06. The van der Waals surface area contributed by atoms with Gasteiger partial charge in [-0.05, 0) is 25.0 Å². The lowest BCUT2D eigenvalue weighted by Crippen LogP contribution is -2.29. The Morgan fingerprint density at radius 3 is 2.14 bits per heavy atom. The Bertz CT molecular complexity index is 358. The molecule has 0 bridgehead atoms. The van der Waals surface area contributed by atoms with Gasteiger partial charge in [-0.1, -0.05) is 6.42 Å². The molecule has 0 radical (unpaired) electrons. The van der Waals surface area contributed by atoms with Crippen LogP contribution in [-0.2, 0) is 33.2 Å². The van der Waals surface area contributed by atoms with Gasteiger partial charge in [0.2, 0.25) is 0 Å². The third-order valence-corrected chi connectivity index (χ3v) is 4.84. The van der Waals surface area contributed by atoms with Crippen LogP contribution < -0.4 is 0 Å². The number of hydrogen-bond donors (Lipinski definition) is 2. The molecule has 1 aliphatic heterocycles. The van der Waals surface area contributed by atoms with Gasteiger partial charge in [0, 0.05) is 11.7 Å². The molecule has 1 fully saturated rings. The fraction of sp³-hybridized carbons (Fsp3) is 0.947. The Hall–Kier alpha value is -0.0300. The molecule has 0 N–H and O–H groups in total. The molecule has 0 aromatic heterocycles. The summed E-state index contributed by atoms with van der Waals surface area (Å²) in [5, 5.41) is 0.353. The van der Waals surface area contributed by atoms with Crippen molar-refractivity contribution in [1.82, 2.24) is 0 Å². The molecule has 1 heterocycles. The van der Waals surface area contributed by atoms with Crippen molar-refractivity contribution in [3.63, 3.8) is 0 Å². The Labute approximate surface area is 179 Å². The Morgan fingerprint density at radius 1 is 0.893 bits per heavy atom. The molecular formula is C19H36O7S2. The monoisotopic (exact) mass is 440 g/mol. The average molecular weight is 441 g/mol. The van der Waals surface area contributed by atoms with Crippen molar-refractivity contribution in [1.29, 1.82) is 0 Å². The fourth-order valence-corrected chi connectivity index (χ4v) is 3.32. The summed E-state index contributed by atoms with van der Waals surface area (Å²) in [6.45, 7) is 4.47. The second-order valence-electron chi connectivity index (χ2n) is 6.50. The van der Waals surface area contributed by atoms with E-state index in [0.29, 0.717) is 71.1 Å². The second kappa shape index (κ2) is 19.0. The molecule has 0 aliphatic carbocycles. The highest BCUT2D eigenvalue weighted by Gasteiger charge is 2.14. The molecule has 0 amide bonds. The first-order valence-electron chi connectivity index (χ1n) is 10.1. The van der Waals surface area contributed by atoms with E-state index in [2.05, 4.69) is 25.3 Å². The molecule has 166 valence electrons. The zero-order chi connectivity index (χ0) is 20.3. The van der Waals surface area contributed by atoms with Gasteiger partial charge < -0.3 is 28.4 Å². The van der Waals surface area contributed by atoms with Crippen molar-refractivity contribution in [2.75, 3.05) is 71.8 Å². The zero-order valence-corrected chi connectivity index (χ0v) is 18.5. The first-order chi connectivity index (χ1) is 13.7. The highest BCUT2D eigenvalue weighted by atomic mass is 32.1. The minimum atomic E-state index is -0.314. The summed E-state index contributed by atoms with van der Waals surface area (Å²) in [6, 6.07) is 0. The van der Waals surface area contributed by atoms with Gasteiger partial charge in [-0.25, -0.2) is 0 Å². The highest BCUT2D eigenvalue weighted by Crippen LogP contribution is 2.13. The summed E-state index contributed by atoms with van der Waals surface area (Å²) < 4.78 is 32.9.